The third-order valence-corrected chi connectivity index (χ3v) is 3.15. The van der Waals surface area contributed by atoms with Crippen LogP contribution in [0.2, 0.25) is 0 Å². The van der Waals surface area contributed by atoms with Gasteiger partial charge in [0.25, 0.3) is 0 Å². The second-order valence-corrected chi connectivity index (χ2v) is 4.61. The predicted octanol–water partition coefficient (Wildman–Crippen LogP) is 0.238. The highest BCUT2D eigenvalue weighted by atomic mass is 32.2. The van der Waals surface area contributed by atoms with Crippen molar-refractivity contribution in [1.82, 2.24) is 19.9 Å². The number of carbonyl (C=O) groups excluding carboxylic acids is 1. The molecule has 1 aromatic rings. The smallest absolute Gasteiger partial charge is 0.249 e. The zero-order valence-electron chi connectivity index (χ0n) is 11.0. The lowest BCUT2D eigenvalue weighted by Crippen LogP contribution is -2.32. The third kappa shape index (κ3) is 2.60. The highest BCUT2D eigenvalue weighted by Crippen LogP contribution is 2.19. The Balaban J connectivity index is 2.36. The van der Waals surface area contributed by atoms with Crippen LogP contribution in [0.4, 0.5) is 11.9 Å². The molecule has 1 saturated heterocycles. The van der Waals surface area contributed by atoms with Crippen LogP contribution in [0.1, 0.15) is 6.92 Å². The molecule has 1 fully saturated rings. The number of hydrogen-bond acceptors (Lipinski definition) is 7. The molecule has 2 N–H and O–H groups in total. The van der Waals surface area contributed by atoms with Gasteiger partial charge >= 0.3 is 0 Å². The molecule has 0 spiro atoms. The number of carbonyl (C=O) groups is 1. The van der Waals surface area contributed by atoms with E-state index in [-0.39, 0.29) is 18.4 Å². The molecule has 0 unspecified atom stereocenters. The molecule has 1 aromatic heterocycles. The number of rotatable bonds is 4. The van der Waals surface area contributed by atoms with Crippen LogP contribution < -0.4 is 10.2 Å². The van der Waals surface area contributed by atoms with Gasteiger partial charge < -0.3 is 5.32 Å². The first kappa shape index (κ1) is 13.5. The van der Waals surface area contributed by atoms with Crippen LogP contribution in [0.3, 0.4) is 0 Å². The number of aromatic nitrogens is 3. The molecule has 9 heteroatoms. The summed E-state index contributed by atoms with van der Waals surface area (Å²) in [4.78, 5) is 27.0. The van der Waals surface area contributed by atoms with Gasteiger partial charge in [-0.3, -0.25) is 20.0 Å². The Hall–Kier alpha value is -1.90. The Morgan fingerprint density at radius 2 is 2.16 bits per heavy atom. The van der Waals surface area contributed by atoms with E-state index < -0.39 is 0 Å². The van der Waals surface area contributed by atoms with E-state index >= 15 is 0 Å². The minimum atomic E-state index is -0.152. The van der Waals surface area contributed by atoms with E-state index in [2.05, 4.69) is 20.3 Å². The first-order chi connectivity index (χ1) is 9.06. The molecule has 0 radical (unpaired) electrons. The van der Waals surface area contributed by atoms with Gasteiger partial charge in [-0.15, -0.1) is 0 Å². The van der Waals surface area contributed by atoms with Crippen molar-refractivity contribution < 1.29 is 4.79 Å². The number of nitrogens with one attached hydrogen (secondary N) is 2. The number of guanidine groups is 1. The zero-order chi connectivity index (χ0) is 14.0. The van der Waals surface area contributed by atoms with Crippen LogP contribution in [-0.4, -0.2) is 58.1 Å². The van der Waals surface area contributed by atoms with Crippen molar-refractivity contribution in [2.24, 2.45) is 0 Å². The predicted molar refractivity (Wildman–Crippen MR) is 73.6 cm³/mol. The first-order valence-corrected chi connectivity index (χ1v) is 6.95. The summed E-state index contributed by atoms with van der Waals surface area (Å²) in [5, 5.41) is 11.4. The molecule has 2 rings (SSSR count). The lowest BCUT2D eigenvalue weighted by molar-refractivity contribution is -0.123. The van der Waals surface area contributed by atoms with Crippen molar-refractivity contribution in [3.05, 3.63) is 0 Å². The number of hydrogen-bond donors (Lipinski definition) is 2. The number of thioether (sulfide) groups is 1. The fourth-order valence-electron chi connectivity index (χ4n) is 1.58. The van der Waals surface area contributed by atoms with Gasteiger partial charge in [0.2, 0.25) is 23.8 Å². The van der Waals surface area contributed by atoms with Crippen molar-refractivity contribution in [3.8, 4) is 0 Å². The molecule has 1 aliphatic rings. The molecule has 19 heavy (non-hydrogen) atoms. The fourth-order valence-corrected chi connectivity index (χ4v) is 1.93. The van der Waals surface area contributed by atoms with Gasteiger partial charge in [-0.2, -0.15) is 15.0 Å². The summed E-state index contributed by atoms with van der Waals surface area (Å²) >= 11 is 1.39. The van der Waals surface area contributed by atoms with Crippen molar-refractivity contribution in [2.45, 2.75) is 12.1 Å². The van der Waals surface area contributed by atoms with E-state index in [1.165, 1.54) is 21.6 Å². The average molecular weight is 281 g/mol. The molecule has 2 heterocycles. The molecule has 0 aliphatic carbocycles. The molecule has 0 atom stereocenters. The summed E-state index contributed by atoms with van der Waals surface area (Å²) in [5.41, 5.74) is 0. The normalized spacial score (nSPS) is 15.3. The van der Waals surface area contributed by atoms with Gasteiger partial charge in [-0.1, -0.05) is 11.8 Å². The van der Waals surface area contributed by atoms with Gasteiger partial charge in [0.15, 0.2) is 5.16 Å². The summed E-state index contributed by atoms with van der Waals surface area (Å²) in [7, 11) is 1.56. The van der Waals surface area contributed by atoms with Gasteiger partial charge in [0.1, 0.15) is 6.54 Å². The summed E-state index contributed by atoms with van der Waals surface area (Å²) in [5.74, 6) is 0.691. The Morgan fingerprint density at radius 3 is 2.68 bits per heavy atom. The second-order valence-electron chi connectivity index (χ2n) is 3.84. The topological polar surface area (TPSA) is 98.1 Å². The number of anilines is 2. The van der Waals surface area contributed by atoms with Crippen LogP contribution in [-0.2, 0) is 4.79 Å². The van der Waals surface area contributed by atoms with Gasteiger partial charge in [-0.25, -0.2) is 0 Å². The summed E-state index contributed by atoms with van der Waals surface area (Å²) in [6.07, 6.45) is 1.86. The second kappa shape index (κ2) is 5.39. The first-order valence-electron chi connectivity index (χ1n) is 5.73. The summed E-state index contributed by atoms with van der Waals surface area (Å²) in [6.45, 7) is 2.71. The summed E-state index contributed by atoms with van der Waals surface area (Å²) < 4.78 is 0. The molecule has 0 bridgehead atoms. The molecule has 0 aromatic carbocycles. The molecule has 1 aliphatic heterocycles. The Bertz CT molecular complexity index is 521. The number of nitrogens with zero attached hydrogens (tertiary/aromatic N) is 5. The third-order valence-electron chi connectivity index (χ3n) is 2.60. The zero-order valence-corrected chi connectivity index (χ0v) is 11.8. The number of likely N-dealkylation sites (N-methyl/N-ethyl adjacent to an activating group) is 1. The lowest BCUT2D eigenvalue weighted by atomic mass is 10.6. The molecular formula is C10H15N7OS. The Labute approximate surface area is 115 Å². The Kier molecular flexibility index (Phi) is 3.84. The van der Waals surface area contributed by atoms with Crippen LogP contribution in [0, 0.1) is 5.41 Å². The van der Waals surface area contributed by atoms with E-state index in [4.69, 9.17) is 5.41 Å². The van der Waals surface area contributed by atoms with Crippen molar-refractivity contribution in [1.29, 1.82) is 5.41 Å². The molecule has 0 saturated carbocycles. The highest BCUT2D eigenvalue weighted by Gasteiger charge is 2.33. The quantitative estimate of drug-likeness (QED) is 0.763. The van der Waals surface area contributed by atoms with Gasteiger partial charge in [0.05, 0.1) is 0 Å². The minimum Gasteiger partial charge on any atom is -0.354 e. The lowest BCUT2D eigenvalue weighted by Gasteiger charge is -2.16. The maximum absolute atomic E-state index is 11.6. The standard InChI is InChI=1S/C10H15N7OS/c1-4-12-8-13-9(15-10(14-8)19-3)17-5-6(18)16(2)7(17)11/h11H,4-5H2,1-3H3,(H,12,13,14,15). The van der Waals surface area contributed by atoms with Crippen LogP contribution >= 0.6 is 11.8 Å². The average Bonchev–Trinajstić information content (AvgIpc) is 2.66. The molecule has 8 nitrogen and oxygen atoms in total. The van der Waals surface area contributed by atoms with E-state index in [0.717, 1.165) is 0 Å². The molecular weight excluding hydrogens is 266 g/mol. The highest BCUT2D eigenvalue weighted by molar-refractivity contribution is 7.98. The van der Waals surface area contributed by atoms with Gasteiger partial charge in [-0.05, 0) is 13.2 Å². The van der Waals surface area contributed by atoms with E-state index in [9.17, 15) is 4.79 Å². The Morgan fingerprint density at radius 1 is 1.42 bits per heavy atom. The van der Waals surface area contributed by atoms with E-state index in [0.29, 0.717) is 23.6 Å². The monoisotopic (exact) mass is 281 g/mol. The SMILES string of the molecule is CCNc1nc(SC)nc(N2CC(=O)N(C)C2=N)n1. The van der Waals surface area contributed by atoms with Crippen LogP contribution in [0.25, 0.3) is 0 Å². The van der Waals surface area contributed by atoms with E-state index in [1.807, 2.05) is 13.2 Å². The van der Waals surface area contributed by atoms with Crippen LogP contribution in [0.15, 0.2) is 5.16 Å². The minimum absolute atomic E-state index is 0.0747. The van der Waals surface area contributed by atoms with Crippen molar-refractivity contribution >= 4 is 35.5 Å². The van der Waals surface area contributed by atoms with E-state index in [1.54, 1.807) is 7.05 Å². The maximum atomic E-state index is 11.6. The van der Waals surface area contributed by atoms with Crippen LogP contribution in [0.5, 0.6) is 0 Å². The van der Waals surface area contributed by atoms with Gasteiger partial charge in [0, 0.05) is 13.6 Å². The summed E-state index contributed by atoms with van der Waals surface area (Å²) in [6, 6.07) is 0. The van der Waals surface area contributed by atoms with Crippen molar-refractivity contribution in [3.63, 3.8) is 0 Å². The molecule has 102 valence electrons. The number of amides is 1. The maximum Gasteiger partial charge on any atom is 0.249 e. The van der Waals surface area contributed by atoms with Crippen molar-refractivity contribution in [2.75, 3.05) is 36.6 Å². The fraction of sp³-hybridized carbons (Fsp3) is 0.500. The molecule has 1 amide bonds. The largest absolute Gasteiger partial charge is 0.354 e.